The van der Waals surface area contributed by atoms with Crippen LogP contribution in [0.5, 0.6) is 0 Å². The van der Waals surface area contributed by atoms with Gasteiger partial charge in [0.05, 0.1) is 11.6 Å². The van der Waals surface area contributed by atoms with Crippen molar-refractivity contribution in [2.24, 2.45) is 0 Å². The van der Waals surface area contributed by atoms with E-state index in [0.717, 1.165) is 0 Å². The first-order chi connectivity index (χ1) is 9.13. The highest BCUT2D eigenvalue weighted by atomic mass is 35.5. The molecule has 0 radical (unpaired) electrons. The number of aliphatic hydroxyl groups is 1. The lowest BCUT2D eigenvalue weighted by Gasteiger charge is -2.11. The average Bonchev–Trinajstić information content (AvgIpc) is 2.46. The lowest BCUT2D eigenvalue weighted by atomic mass is 9.99. The quantitative estimate of drug-likeness (QED) is 0.873. The molecule has 4 heteroatoms. The molecule has 0 amide bonds. The van der Waals surface area contributed by atoms with Crippen molar-refractivity contribution in [2.45, 2.75) is 6.10 Å². The SMILES string of the molecule is N#Cc1cccc(C(=O)[C@@H](O)c2ccccc2Cl)c1. The molecule has 2 aromatic rings. The van der Waals surface area contributed by atoms with E-state index in [1.807, 2.05) is 6.07 Å². The smallest absolute Gasteiger partial charge is 0.195 e. The number of hydrogen-bond donors (Lipinski definition) is 1. The van der Waals surface area contributed by atoms with E-state index in [4.69, 9.17) is 16.9 Å². The maximum Gasteiger partial charge on any atom is 0.195 e. The molecule has 1 atom stereocenters. The van der Waals surface area contributed by atoms with Crippen LogP contribution in [0.25, 0.3) is 0 Å². The van der Waals surface area contributed by atoms with E-state index in [2.05, 4.69) is 0 Å². The number of nitrogens with zero attached hydrogens (tertiary/aromatic N) is 1. The monoisotopic (exact) mass is 271 g/mol. The number of carbonyl (C=O) groups excluding carboxylic acids is 1. The van der Waals surface area contributed by atoms with Crippen LogP contribution in [0.4, 0.5) is 0 Å². The Hall–Kier alpha value is -2.15. The zero-order chi connectivity index (χ0) is 13.8. The second-order valence-corrected chi connectivity index (χ2v) is 4.39. The van der Waals surface area contributed by atoms with Gasteiger partial charge in [0, 0.05) is 16.1 Å². The van der Waals surface area contributed by atoms with Crippen molar-refractivity contribution >= 4 is 17.4 Å². The first kappa shape index (κ1) is 13.3. The van der Waals surface area contributed by atoms with Gasteiger partial charge in [-0.05, 0) is 18.2 Å². The Morgan fingerprint density at radius 1 is 1.21 bits per heavy atom. The predicted molar refractivity (Wildman–Crippen MR) is 71.9 cm³/mol. The van der Waals surface area contributed by atoms with E-state index in [9.17, 15) is 9.90 Å². The highest BCUT2D eigenvalue weighted by Gasteiger charge is 2.21. The Kier molecular flexibility index (Phi) is 3.96. The van der Waals surface area contributed by atoms with Crippen molar-refractivity contribution in [1.29, 1.82) is 5.26 Å². The van der Waals surface area contributed by atoms with Crippen LogP contribution in [-0.2, 0) is 0 Å². The molecular formula is C15H10ClNO2. The molecule has 3 nitrogen and oxygen atoms in total. The second-order valence-electron chi connectivity index (χ2n) is 3.98. The van der Waals surface area contributed by atoms with Crippen molar-refractivity contribution in [3.8, 4) is 6.07 Å². The third-order valence-corrected chi connectivity index (χ3v) is 3.07. The summed E-state index contributed by atoms with van der Waals surface area (Å²) >= 11 is 5.94. The lowest BCUT2D eigenvalue weighted by molar-refractivity contribution is 0.0747. The van der Waals surface area contributed by atoms with E-state index in [1.54, 1.807) is 42.5 Å². The largest absolute Gasteiger partial charge is 0.380 e. The predicted octanol–water partition coefficient (Wildman–Crippen LogP) is 3.13. The summed E-state index contributed by atoms with van der Waals surface area (Å²) < 4.78 is 0. The molecule has 2 aromatic carbocycles. The Balaban J connectivity index is 2.34. The van der Waals surface area contributed by atoms with Gasteiger partial charge >= 0.3 is 0 Å². The Morgan fingerprint density at radius 2 is 1.95 bits per heavy atom. The minimum Gasteiger partial charge on any atom is -0.380 e. The van der Waals surface area contributed by atoms with Crippen LogP contribution in [-0.4, -0.2) is 10.9 Å². The van der Waals surface area contributed by atoms with Gasteiger partial charge in [-0.25, -0.2) is 0 Å². The third-order valence-electron chi connectivity index (χ3n) is 2.72. The van der Waals surface area contributed by atoms with Gasteiger partial charge in [-0.15, -0.1) is 0 Å². The molecular weight excluding hydrogens is 262 g/mol. The average molecular weight is 272 g/mol. The normalized spacial score (nSPS) is 11.6. The number of nitriles is 1. The third kappa shape index (κ3) is 2.82. The summed E-state index contributed by atoms with van der Waals surface area (Å²) in [5.41, 5.74) is 1.01. The Bertz CT molecular complexity index is 661. The first-order valence-electron chi connectivity index (χ1n) is 5.60. The molecule has 1 N–H and O–H groups in total. The fraction of sp³-hybridized carbons (Fsp3) is 0.0667. The molecule has 0 saturated heterocycles. The molecule has 0 aliphatic heterocycles. The zero-order valence-corrected chi connectivity index (χ0v) is 10.6. The van der Waals surface area contributed by atoms with Crippen molar-refractivity contribution < 1.29 is 9.90 Å². The zero-order valence-electron chi connectivity index (χ0n) is 9.88. The van der Waals surface area contributed by atoms with Crippen molar-refractivity contribution in [3.63, 3.8) is 0 Å². The highest BCUT2D eigenvalue weighted by molar-refractivity contribution is 6.31. The van der Waals surface area contributed by atoms with Gasteiger partial charge in [0.2, 0.25) is 0 Å². The summed E-state index contributed by atoms with van der Waals surface area (Å²) in [7, 11) is 0. The van der Waals surface area contributed by atoms with Crippen LogP contribution in [0.1, 0.15) is 27.6 Å². The number of hydrogen-bond acceptors (Lipinski definition) is 3. The molecule has 0 aromatic heterocycles. The Morgan fingerprint density at radius 3 is 2.63 bits per heavy atom. The summed E-state index contributed by atoms with van der Waals surface area (Å²) in [5, 5.41) is 19.2. The standard InChI is InChI=1S/C15H10ClNO2/c16-13-7-2-1-6-12(13)15(19)14(18)11-5-3-4-10(8-11)9-17/h1-8,15,19H/t15-/m0/s1. The number of aliphatic hydroxyl groups excluding tert-OH is 1. The summed E-state index contributed by atoms with van der Waals surface area (Å²) in [4.78, 5) is 12.1. The van der Waals surface area contributed by atoms with E-state index >= 15 is 0 Å². The van der Waals surface area contributed by atoms with Gasteiger partial charge < -0.3 is 5.11 Å². The summed E-state index contributed by atoms with van der Waals surface area (Å²) in [6.45, 7) is 0. The van der Waals surface area contributed by atoms with Crippen LogP contribution in [0.3, 0.4) is 0 Å². The number of halogens is 1. The second kappa shape index (κ2) is 5.66. The van der Waals surface area contributed by atoms with Gasteiger partial charge in [0.1, 0.15) is 6.10 Å². The summed E-state index contributed by atoms with van der Waals surface area (Å²) in [6, 6.07) is 14.8. The molecule has 0 heterocycles. The maximum atomic E-state index is 12.1. The molecule has 0 aliphatic rings. The van der Waals surface area contributed by atoms with E-state index < -0.39 is 11.9 Å². The van der Waals surface area contributed by atoms with Crippen molar-refractivity contribution in [2.75, 3.05) is 0 Å². The summed E-state index contributed by atoms with van der Waals surface area (Å²) in [6.07, 6.45) is -1.33. The van der Waals surface area contributed by atoms with Crippen LogP contribution >= 0.6 is 11.6 Å². The van der Waals surface area contributed by atoms with Crippen molar-refractivity contribution in [3.05, 3.63) is 70.2 Å². The van der Waals surface area contributed by atoms with Crippen LogP contribution in [0.15, 0.2) is 48.5 Å². The highest BCUT2D eigenvalue weighted by Crippen LogP contribution is 2.25. The number of carbonyl (C=O) groups is 1. The number of Topliss-reactive ketones (excluding diaryl/α,β-unsaturated/α-hetero) is 1. The fourth-order valence-electron chi connectivity index (χ4n) is 1.74. The molecule has 0 aliphatic carbocycles. The van der Waals surface area contributed by atoms with Gasteiger partial charge in [0.25, 0.3) is 0 Å². The van der Waals surface area contributed by atoms with Gasteiger partial charge in [0.15, 0.2) is 5.78 Å². The van der Waals surface area contributed by atoms with E-state index in [1.165, 1.54) is 6.07 Å². The molecule has 0 fully saturated rings. The van der Waals surface area contributed by atoms with E-state index in [0.29, 0.717) is 16.1 Å². The summed E-state index contributed by atoms with van der Waals surface area (Å²) in [5.74, 6) is -0.481. The van der Waals surface area contributed by atoms with E-state index in [-0.39, 0.29) is 5.56 Å². The number of rotatable bonds is 3. The minimum absolute atomic E-state index is 0.284. The minimum atomic E-state index is -1.33. The molecule has 94 valence electrons. The van der Waals surface area contributed by atoms with Crippen LogP contribution in [0.2, 0.25) is 5.02 Å². The first-order valence-corrected chi connectivity index (χ1v) is 5.98. The van der Waals surface area contributed by atoms with Gasteiger partial charge in [-0.2, -0.15) is 5.26 Å². The van der Waals surface area contributed by atoms with Gasteiger partial charge in [-0.1, -0.05) is 41.9 Å². The molecule has 19 heavy (non-hydrogen) atoms. The molecule has 2 rings (SSSR count). The molecule has 0 bridgehead atoms. The number of ketones is 1. The van der Waals surface area contributed by atoms with Gasteiger partial charge in [-0.3, -0.25) is 4.79 Å². The molecule has 0 unspecified atom stereocenters. The number of benzene rings is 2. The van der Waals surface area contributed by atoms with Crippen LogP contribution in [0, 0.1) is 11.3 Å². The fourth-order valence-corrected chi connectivity index (χ4v) is 1.98. The maximum absolute atomic E-state index is 12.1. The van der Waals surface area contributed by atoms with Crippen LogP contribution < -0.4 is 0 Å². The lowest BCUT2D eigenvalue weighted by Crippen LogP contribution is -2.12. The molecule has 0 spiro atoms. The topological polar surface area (TPSA) is 61.1 Å². The van der Waals surface area contributed by atoms with Crippen molar-refractivity contribution in [1.82, 2.24) is 0 Å². The Labute approximate surface area is 115 Å². The molecule has 0 saturated carbocycles.